The molecular formula is C15H20N4O. The molecule has 2 aromatic rings. The minimum atomic E-state index is 0.318. The van der Waals surface area contributed by atoms with Crippen LogP contribution in [0.25, 0.3) is 10.9 Å². The zero-order chi connectivity index (χ0) is 13.9. The highest BCUT2D eigenvalue weighted by molar-refractivity contribution is 5.93. The Balaban J connectivity index is 2.01. The first-order valence-electron chi connectivity index (χ1n) is 7.16. The predicted octanol–water partition coefficient (Wildman–Crippen LogP) is 1.96. The average molecular weight is 272 g/mol. The third kappa shape index (κ3) is 2.41. The zero-order valence-electron chi connectivity index (χ0n) is 11.7. The molecule has 1 aromatic heterocycles. The van der Waals surface area contributed by atoms with E-state index in [1.807, 2.05) is 19.1 Å². The lowest BCUT2D eigenvalue weighted by Gasteiger charge is -2.31. The average Bonchev–Trinajstić information content (AvgIpc) is 2.48. The molecule has 0 bridgehead atoms. The Morgan fingerprint density at radius 1 is 1.30 bits per heavy atom. The first-order chi connectivity index (χ1) is 9.79. The van der Waals surface area contributed by atoms with Gasteiger partial charge >= 0.3 is 0 Å². The van der Waals surface area contributed by atoms with Crippen LogP contribution in [0.5, 0.6) is 5.75 Å². The molecule has 0 saturated carbocycles. The lowest BCUT2D eigenvalue weighted by Crippen LogP contribution is -2.40. The van der Waals surface area contributed by atoms with Crippen molar-refractivity contribution in [3.05, 3.63) is 24.5 Å². The molecule has 0 radical (unpaired) electrons. The van der Waals surface area contributed by atoms with Crippen molar-refractivity contribution in [3.8, 4) is 5.75 Å². The van der Waals surface area contributed by atoms with E-state index in [9.17, 15) is 0 Å². The number of nitrogens with two attached hydrogens (primary N) is 1. The lowest BCUT2D eigenvalue weighted by molar-refractivity contribution is 0.343. The molecule has 20 heavy (non-hydrogen) atoms. The topological polar surface area (TPSA) is 64.3 Å². The van der Waals surface area contributed by atoms with E-state index in [4.69, 9.17) is 10.5 Å². The standard InChI is InChI=1S/C15H20N4O/c1-2-20-13-5-3-4-12-14(13)17-10-18-15(12)19-8-6-11(16)7-9-19/h3-5,10-11H,2,6-9,16H2,1H3. The summed E-state index contributed by atoms with van der Waals surface area (Å²) in [5.41, 5.74) is 6.86. The van der Waals surface area contributed by atoms with Crippen molar-refractivity contribution >= 4 is 16.7 Å². The highest BCUT2D eigenvalue weighted by Crippen LogP contribution is 2.30. The lowest BCUT2D eigenvalue weighted by atomic mass is 10.1. The second kappa shape index (κ2) is 5.63. The molecule has 1 saturated heterocycles. The van der Waals surface area contributed by atoms with Gasteiger partial charge in [0.1, 0.15) is 23.4 Å². The monoisotopic (exact) mass is 272 g/mol. The molecular weight excluding hydrogens is 252 g/mol. The summed E-state index contributed by atoms with van der Waals surface area (Å²) in [7, 11) is 0. The number of aromatic nitrogens is 2. The molecule has 0 amide bonds. The van der Waals surface area contributed by atoms with Crippen LogP contribution in [0.2, 0.25) is 0 Å². The minimum Gasteiger partial charge on any atom is -0.492 e. The minimum absolute atomic E-state index is 0.318. The number of piperidine rings is 1. The van der Waals surface area contributed by atoms with Crippen molar-refractivity contribution in [2.75, 3.05) is 24.6 Å². The molecule has 0 unspecified atom stereocenters. The molecule has 1 fully saturated rings. The van der Waals surface area contributed by atoms with Crippen LogP contribution in [-0.2, 0) is 0 Å². The van der Waals surface area contributed by atoms with Gasteiger partial charge in [0.2, 0.25) is 0 Å². The van der Waals surface area contributed by atoms with Gasteiger partial charge in [-0.15, -0.1) is 0 Å². The molecule has 0 aliphatic carbocycles. The third-order valence-electron chi connectivity index (χ3n) is 3.75. The SMILES string of the molecule is CCOc1cccc2c(N3CCC(N)CC3)ncnc12. The van der Waals surface area contributed by atoms with Gasteiger partial charge in [0.05, 0.1) is 6.61 Å². The maximum atomic E-state index is 5.97. The number of rotatable bonds is 3. The fourth-order valence-corrected chi connectivity index (χ4v) is 2.68. The first-order valence-corrected chi connectivity index (χ1v) is 7.16. The van der Waals surface area contributed by atoms with Crippen LogP contribution in [0, 0.1) is 0 Å². The molecule has 2 heterocycles. The number of para-hydroxylation sites is 1. The van der Waals surface area contributed by atoms with Gasteiger partial charge in [-0.05, 0) is 31.9 Å². The van der Waals surface area contributed by atoms with Crippen LogP contribution in [0.15, 0.2) is 24.5 Å². The van der Waals surface area contributed by atoms with Crippen molar-refractivity contribution < 1.29 is 4.74 Å². The van der Waals surface area contributed by atoms with E-state index in [2.05, 4.69) is 20.9 Å². The molecule has 1 aliphatic rings. The van der Waals surface area contributed by atoms with Crippen molar-refractivity contribution in [2.24, 2.45) is 5.73 Å². The number of anilines is 1. The Labute approximate surface area is 118 Å². The summed E-state index contributed by atoms with van der Waals surface area (Å²) in [6.45, 7) is 4.52. The second-order valence-corrected chi connectivity index (χ2v) is 5.11. The first kappa shape index (κ1) is 13.1. The van der Waals surface area contributed by atoms with E-state index in [-0.39, 0.29) is 0 Å². The van der Waals surface area contributed by atoms with Gasteiger partial charge in [-0.1, -0.05) is 6.07 Å². The molecule has 1 aromatic carbocycles. The van der Waals surface area contributed by atoms with Crippen LogP contribution < -0.4 is 15.4 Å². The van der Waals surface area contributed by atoms with E-state index in [0.29, 0.717) is 12.6 Å². The van der Waals surface area contributed by atoms with Crippen molar-refractivity contribution in [1.82, 2.24) is 9.97 Å². The molecule has 2 N–H and O–H groups in total. The normalized spacial score (nSPS) is 16.6. The van der Waals surface area contributed by atoms with Crippen LogP contribution in [0.4, 0.5) is 5.82 Å². The van der Waals surface area contributed by atoms with Crippen molar-refractivity contribution in [1.29, 1.82) is 0 Å². The van der Waals surface area contributed by atoms with Crippen molar-refractivity contribution in [3.63, 3.8) is 0 Å². The van der Waals surface area contributed by atoms with Gasteiger partial charge in [0.25, 0.3) is 0 Å². The highest BCUT2D eigenvalue weighted by Gasteiger charge is 2.19. The number of ether oxygens (including phenoxy) is 1. The molecule has 1 aliphatic heterocycles. The largest absolute Gasteiger partial charge is 0.492 e. The number of hydrogen-bond acceptors (Lipinski definition) is 5. The highest BCUT2D eigenvalue weighted by atomic mass is 16.5. The van der Waals surface area contributed by atoms with Crippen LogP contribution in [0.3, 0.4) is 0 Å². The molecule has 5 nitrogen and oxygen atoms in total. The van der Waals surface area contributed by atoms with Gasteiger partial charge in [0.15, 0.2) is 0 Å². The number of hydrogen-bond donors (Lipinski definition) is 1. The van der Waals surface area contributed by atoms with Gasteiger partial charge in [0, 0.05) is 24.5 Å². The Kier molecular flexibility index (Phi) is 3.69. The Morgan fingerprint density at radius 3 is 2.85 bits per heavy atom. The fraction of sp³-hybridized carbons (Fsp3) is 0.467. The Bertz CT molecular complexity index is 593. The maximum Gasteiger partial charge on any atom is 0.145 e. The third-order valence-corrected chi connectivity index (χ3v) is 3.75. The van der Waals surface area contributed by atoms with E-state index < -0.39 is 0 Å². The summed E-state index contributed by atoms with van der Waals surface area (Å²) in [4.78, 5) is 11.2. The summed E-state index contributed by atoms with van der Waals surface area (Å²) in [6, 6.07) is 6.32. The fourth-order valence-electron chi connectivity index (χ4n) is 2.68. The van der Waals surface area contributed by atoms with Gasteiger partial charge < -0.3 is 15.4 Å². The summed E-state index contributed by atoms with van der Waals surface area (Å²) in [5.74, 6) is 1.81. The number of fused-ring (bicyclic) bond motifs is 1. The predicted molar refractivity (Wildman–Crippen MR) is 80.1 cm³/mol. The zero-order valence-corrected chi connectivity index (χ0v) is 11.7. The summed E-state index contributed by atoms with van der Waals surface area (Å²) in [5, 5.41) is 1.05. The van der Waals surface area contributed by atoms with Gasteiger partial charge in [-0.3, -0.25) is 0 Å². The van der Waals surface area contributed by atoms with Gasteiger partial charge in [-0.2, -0.15) is 0 Å². The quantitative estimate of drug-likeness (QED) is 0.925. The van der Waals surface area contributed by atoms with Crippen LogP contribution >= 0.6 is 0 Å². The van der Waals surface area contributed by atoms with E-state index in [1.54, 1.807) is 6.33 Å². The smallest absolute Gasteiger partial charge is 0.145 e. The molecule has 0 spiro atoms. The van der Waals surface area contributed by atoms with Crippen LogP contribution in [-0.4, -0.2) is 35.7 Å². The molecule has 106 valence electrons. The molecule has 3 rings (SSSR count). The van der Waals surface area contributed by atoms with E-state index >= 15 is 0 Å². The summed E-state index contributed by atoms with van der Waals surface area (Å²) >= 11 is 0. The van der Waals surface area contributed by atoms with Crippen molar-refractivity contribution in [2.45, 2.75) is 25.8 Å². The summed E-state index contributed by atoms with van der Waals surface area (Å²) in [6.07, 6.45) is 3.64. The second-order valence-electron chi connectivity index (χ2n) is 5.11. The Morgan fingerprint density at radius 2 is 2.10 bits per heavy atom. The number of nitrogens with zero attached hydrogens (tertiary/aromatic N) is 3. The Hall–Kier alpha value is -1.88. The van der Waals surface area contributed by atoms with Gasteiger partial charge in [-0.25, -0.2) is 9.97 Å². The van der Waals surface area contributed by atoms with E-state index in [0.717, 1.165) is 48.4 Å². The summed E-state index contributed by atoms with van der Waals surface area (Å²) < 4.78 is 5.65. The molecule has 0 atom stereocenters. The molecule has 5 heteroatoms. The van der Waals surface area contributed by atoms with Crippen LogP contribution in [0.1, 0.15) is 19.8 Å². The number of benzene rings is 1. The van der Waals surface area contributed by atoms with E-state index in [1.165, 1.54) is 0 Å². The maximum absolute atomic E-state index is 5.97.